The van der Waals surface area contributed by atoms with Gasteiger partial charge in [0.2, 0.25) is 0 Å². The van der Waals surface area contributed by atoms with Gasteiger partial charge in [0.25, 0.3) is 0 Å². The molecule has 14 heavy (non-hydrogen) atoms. The predicted octanol–water partition coefficient (Wildman–Crippen LogP) is 2.60. The van der Waals surface area contributed by atoms with E-state index in [0.717, 1.165) is 24.2 Å². The van der Waals surface area contributed by atoms with Gasteiger partial charge in [0.15, 0.2) is 5.78 Å². The van der Waals surface area contributed by atoms with Gasteiger partial charge in [-0.1, -0.05) is 12.1 Å². The summed E-state index contributed by atoms with van der Waals surface area (Å²) in [4.78, 5) is 11.2. The molecule has 2 heteroatoms. The second-order valence-corrected chi connectivity index (χ2v) is 3.85. The van der Waals surface area contributed by atoms with Gasteiger partial charge < -0.3 is 4.74 Å². The van der Waals surface area contributed by atoms with Crippen LogP contribution in [0.5, 0.6) is 5.75 Å². The van der Waals surface area contributed by atoms with Crippen molar-refractivity contribution in [1.82, 2.24) is 0 Å². The van der Waals surface area contributed by atoms with Crippen molar-refractivity contribution in [2.45, 2.75) is 32.8 Å². The van der Waals surface area contributed by atoms with Crippen molar-refractivity contribution >= 4 is 5.78 Å². The van der Waals surface area contributed by atoms with Crippen LogP contribution in [0, 0.1) is 0 Å². The average molecular weight is 190 g/mol. The highest BCUT2D eigenvalue weighted by Gasteiger charge is 2.16. The number of ether oxygens (including phenoxy) is 1. The van der Waals surface area contributed by atoms with Crippen LogP contribution in [0.2, 0.25) is 0 Å². The third-order valence-corrected chi connectivity index (χ3v) is 2.62. The van der Waals surface area contributed by atoms with Gasteiger partial charge >= 0.3 is 0 Å². The Bertz CT molecular complexity index is 369. The summed E-state index contributed by atoms with van der Waals surface area (Å²) in [6.07, 6.45) is 2.38. The van der Waals surface area contributed by atoms with Crippen LogP contribution >= 0.6 is 0 Å². The number of Topliss-reactive ketones (excluding diaryl/α,β-unsaturated/α-hetero) is 1. The number of hydrogen-bond acceptors (Lipinski definition) is 2. The molecule has 1 aliphatic rings. The summed E-state index contributed by atoms with van der Waals surface area (Å²) in [5.41, 5.74) is 1.95. The van der Waals surface area contributed by atoms with E-state index in [1.807, 2.05) is 18.2 Å². The van der Waals surface area contributed by atoms with E-state index < -0.39 is 0 Å². The Balaban J connectivity index is 2.37. The summed E-state index contributed by atoms with van der Waals surface area (Å²) in [6, 6.07) is 5.73. The molecule has 2 rings (SSSR count). The van der Waals surface area contributed by atoms with E-state index in [9.17, 15) is 4.79 Å². The van der Waals surface area contributed by atoms with Gasteiger partial charge in [0.05, 0.1) is 6.10 Å². The minimum Gasteiger partial charge on any atom is -0.490 e. The van der Waals surface area contributed by atoms with Gasteiger partial charge in [-0.25, -0.2) is 0 Å². The van der Waals surface area contributed by atoms with Crippen LogP contribution in [0.4, 0.5) is 0 Å². The Kier molecular flexibility index (Phi) is 2.28. The Hall–Kier alpha value is -1.31. The molecule has 1 aromatic carbocycles. The van der Waals surface area contributed by atoms with Gasteiger partial charge in [0, 0.05) is 5.56 Å². The lowest BCUT2D eigenvalue weighted by Crippen LogP contribution is -2.19. The number of rotatable bonds is 1. The molecule has 0 bridgehead atoms. The summed E-state index contributed by atoms with van der Waals surface area (Å²) in [6.45, 7) is 3.64. The molecule has 1 unspecified atom stereocenters. The summed E-state index contributed by atoms with van der Waals surface area (Å²) in [7, 11) is 0. The molecule has 1 heterocycles. The molecule has 0 amide bonds. The smallest absolute Gasteiger partial charge is 0.159 e. The molecule has 2 nitrogen and oxygen atoms in total. The van der Waals surface area contributed by atoms with E-state index in [1.165, 1.54) is 5.56 Å². The fourth-order valence-corrected chi connectivity index (χ4v) is 1.72. The Morgan fingerprint density at radius 1 is 1.50 bits per heavy atom. The topological polar surface area (TPSA) is 26.3 Å². The lowest BCUT2D eigenvalue weighted by molar-refractivity contribution is 0.101. The van der Waals surface area contributed by atoms with Crippen molar-refractivity contribution < 1.29 is 9.53 Å². The second kappa shape index (κ2) is 3.45. The zero-order valence-corrected chi connectivity index (χ0v) is 8.54. The highest BCUT2D eigenvalue weighted by molar-refractivity contribution is 5.94. The number of aryl methyl sites for hydroxylation is 1. The lowest BCUT2D eigenvalue weighted by Gasteiger charge is -2.23. The molecular formula is C12H14O2. The van der Waals surface area contributed by atoms with E-state index >= 15 is 0 Å². The van der Waals surface area contributed by atoms with E-state index in [0.29, 0.717) is 0 Å². The maximum Gasteiger partial charge on any atom is 0.159 e. The molecule has 0 saturated heterocycles. The van der Waals surface area contributed by atoms with Gasteiger partial charge in [-0.2, -0.15) is 0 Å². The van der Waals surface area contributed by atoms with Crippen molar-refractivity contribution in [3.8, 4) is 5.75 Å². The van der Waals surface area contributed by atoms with Crippen molar-refractivity contribution in [3.05, 3.63) is 29.3 Å². The number of fused-ring (bicyclic) bond motifs is 1. The van der Waals surface area contributed by atoms with Gasteiger partial charge in [0.1, 0.15) is 5.75 Å². The summed E-state index contributed by atoms with van der Waals surface area (Å²) < 4.78 is 5.67. The first kappa shape index (κ1) is 9.25. The molecule has 0 spiro atoms. The molecule has 0 saturated carbocycles. The first-order valence-corrected chi connectivity index (χ1v) is 4.97. The number of ketones is 1. The quantitative estimate of drug-likeness (QED) is 0.636. The third-order valence-electron chi connectivity index (χ3n) is 2.62. The standard InChI is InChI=1S/C12H14O2/c1-8-3-4-10-5-6-11(9(2)13)7-12(10)14-8/h5-8H,3-4H2,1-2H3. The van der Waals surface area contributed by atoms with Crippen molar-refractivity contribution in [1.29, 1.82) is 0 Å². The molecule has 0 fully saturated rings. The number of benzene rings is 1. The Morgan fingerprint density at radius 2 is 2.29 bits per heavy atom. The molecule has 0 aromatic heterocycles. The van der Waals surface area contributed by atoms with Crippen LogP contribution in [0.15, 0.2) is 18.2 Å². The molecular weight excluding hydrogens is 176 g/mol. The largest absolute Gasteiger partial charge is 0.490 e. The minimum absolute atomic E-state index is 0.0922. The normalized spacial score (nSPS) is 19.7. The molecule has 1 aliphatic heterocycles. The van der Waals surface area contributed by atoms with Crippen LogP contribution in [0.1, 0.15) is 36.2 Å². The molecule has 0 N–H and O–H groups in total. The Labute approximate surface area is 83.9 Å². The van der Waals surface area contributed by atoms with Gasteiger partial charge in [-0.3, -0.25) is 4.79 Å². The highest BCUT2D eigenvalue weighted by Crippen LogP contribution is 2.28. The first-order valence-electron chi connectivity index (χ1n) is 4.97. The fourth-order valence-electron chi connectivity index (χ4n) is 1.72. The highest BCUT2D eigenvalue weighted by atomic mass is 16.5. The van der Waals surface area contributed by atoms with Crippen LogP contribution in [-0.4, -0.2) is 11.9 Å². The lowest BCUT2D eigenvalue weighted by atomic mass is 10.00. The SMILES string of the molecule is CC(=O)c1ccc2c(c1)OC(C)CC2. The van der Waals surface area contributed by atoms with E-state index in [2.05, 4.69) is 6.92 Å². The van der Waals surface area contributed by atoms with E-state index in [-0.39, 0.29) is 11.9 Å². The van der Waals surface area contributed by atoms with Gasteiger partial charge in [-0.05, 0) is 38.3 Å². The van der Waals surface area contributed by atoms with Crippen LogP contribution < -0.4 is 4.74 Å². The number of carbonyl (C=O) groups excluding carboxylic acids is 1. The monoisotopic (exact) mass is 190 g/mol. The van der Waals surface area contributed by atoms with Crippen LogP contribution in [0.3, 0.4) is 0 Å². The summed E-state index contributed by atoms with van der Waals surface area (Å²) in [5, 5.41) is 0. The van der Waals surface area contributed by atoms with Crippen molar-refractivity contribution in [2.75, 3.05) is 0 Å². The maximum atomic E-state index is 11.2. The Morgan fingerprint density at radius 3 is 3.00 bits per heavy atom. The van der Waals surface area contributed by atoms with Crippen LogP contribution in [0.25, 0.3) is 0 Å². The molecule has 1 atom stereocenters. The van der Waals surface area contributed by atoms with Crippen molar-refractivity contribution in [3.63, 3.8) is 0 Å². The fraction of sp³-hybridized carbons (Fsp3) is 0.417. The van der Waals surface area contributed by atoms with E-state index in [1.54, 1.807) is 6.92 Å². The summed E-state index contributed by atoms with van der Waals surface area (Å²) >= 11 is 0. The van der Waals surface area contributed by atoms with E-state index in [4.69, 9.17) is 4.74 Å². The molecule has 74 valence electrons. The molecule has 1 aromatic rings. The number of hydrogen-bond donors (Lipinski definition) is 0. The zero-order valence-electron chi connectivity index (χ0n) is 8.54. The average Bonchev–Trinajstić information content (AvgIpc) is 2.16. The van der Waals surface area contributed by atoms with Gasteiger partial charge in [-0.15, -0.1) is 0 Å². The number of carbonyl (C=O) groups is 1. The second-order valence-electron chi connectivity index (χ2n) is 3.85. The first-order chi connectivity index (χ1) is 6.66. The predicted molar refractivity (Wildman–Crippen MR) is 54.9 cm³/mol. The maximum absolute atomic E-state index is 11.2. The summed E-state index contributed by atoms with van der Waals surface area (Å²) in [5.74, 6) is 0.978. The minimum atomic E-state index is 0.0922. The molecule has 0 radical (unpaired) electrons. The van der Waals surface area contributed by atoms with Crippen LogP contribution in [-0.2, 0) is 6.42 Å². The van der Waals surface area contributed by atoms with Crippen molar-refractivity contribution in [2.24, 2.45) is 0 Å². The third kappa shape index (κ3) is 1.65. The zero-order chi connectivity index (χ0) is 10.1. The molecule has 0 aliphatic carbocycles.